The molecule has 1 saturated heterocycles. The van der Waals surface area contributed by atoms with Crippen LogP contribution in [0.4, 0.5) is 17.5 Å². The molecule has 0 atom stereocenters. The number of piperazine rings is 1. The Bertz CT molecular complexity index is 1030. The molecule has 1 N–H and O–H groups in total. The minimum absolute atomic E-state index is 0.161. The van der Waals surface area contributed by atoms with E-state index in [1.165, 1.54) is 29.7 Å². The van der Waals surface area contributed by atoms with Crippen LogP contribution in [0.2, 0.25) is 0 Å². The number of nitrogens with one attached hydrogen (secondary N) is 1. The Morgan fingerprint density at radius 1 is 1.17 bits per heavy atom. The third-order valence-corrected chi connectivity index (χ3v) is 7.00. The van der Waals surface area contributed by atoms with E-state index >= 15 is 0 Å². The SMILES string of the molecule is COc1ccc(S(=O)(=O)N2CCN(c3ncc([N+](=O)[O-])c(NC4CC4)n3)CC2)cc1. The summed E-state index contributed by atoms with van der Waals surface area (Å²) in [5, 5.41) is 14.3. The lowest BCUT2D eigenvalue weighted by molar-refractivity contribution is -0.384. The molecule has 0 unspecified atom stereocenters. The van der Waals surface area contributed by atoms with Gasteiger partial charge < -0.3 is 15.0 Å². The van der Waals surface area contributed by atoms with Crippen molar-refractivity contribution in [3.05, 3.63) is 40.6 Å². The number of ether oxygens (including phenoxy) is 1. The smallest absolute Gasteiger partial charge is 0.329 e. The van der Waals surface area contributed by atoms with Gasteiger partial charge in [0, 0.05) is 32.2 Å². The third-order valence-electron chi connectivity index (χ3n) is 5.09. The molecule has 0 bridgehead atoms. The predicted molar refractivity (Wildman–Crippen MR) is 109 cm³/mol. The fourth-order valence-electron chi connectivity index (χ4n) is 3.20. The molecule has 2 aliphatic rings. The molecule has 30 heavy (non-hydrogen) atoms. The summed E-state index contributed by atoms with van der Waals surface area (Å²) in [6.07, 6.45) is 3.12. The third kappa shape index (κ3) is 4.14. The van der Waals surface area contributed by atoms with Crippen molar-refractivity contribution < 1.29 is 18.1 Å². The topological polar surface area (TPSA) is 131 Å². The molecule has 1 aliphatic heterocycles. The highest BCUT2D eigenvalue weighted by atomic mass is 32.2. The molecule has 1 aromatic heterocycles. The van der Waals surface area contributed by atoms with Crippen molar-refractivity contribution in [1.29, 1.82) is 0 Å². The average Bonchev–Trinajstić information content (AvgIpc) is 3.57. The largest absolute Gasteiger partial charge is 0.497 e. The maximum Gasteiger partial charge on any atom is 0.329 e. The Kier molecular flexibility index (Phi) is 5.43. The van der Waals surface area contributed by atoms with Gasteiger partial charge in [-0.3, -0.25) is 10.1 Å². The molecule has 160 valence electrons. The van der Waals surface area contributed by atoms with E-state index in [9.17, 15) is 18.5 Å². The number of nitro groups is 1. The van der Waals surface area contributed by atoms with E-state index < -0.39 is 14.9 Å². The summed E-state index contributed by atoms with van der Waals surface area (Å²) >= 11 is 0. The molecule has 0 amide bonds. The zero-order valence-corrected chi connectivity index (χ0v) is 17.2. The standard InChI is InChI=1S/C18H22N6O5S/c1-29-14-4-6-15(7-5-14)30(27,28)23-10-8-22(9-11-23)18-19-12-16(24(25)26)17(21-18)20-13-2-3-13/h4-7,12-13H,2-3,8-11H2,1H3,(H,19,20,21). The predicted octanol–water partition coefficient (Wildman–Crippen LogP) is 1.48. The molecule has 2 aromatic rings. The molecule has 0 spiro atoms. The molecule has 4 rings (SSSR count). The number of aromatic nitrogens is 2. The highest BCUT2D eigenvalue weighted by molar-refractivity contribution is 7.89. The Morgan fingerprint density at radius 2 is 1.83 bits per heavy atom. The highest BCUT2D eigenvalue weighted by Gasteiger charge is 2.31. The van der Waals surface area contributed by atoms with E-state index in [-0.39, 0.29) is 35.5 Å². The lowest BCUT2D eigenvalue weighted by atomic mass is 10.3. The van der Waals surface area contributed by atoms with E-state index in [1.54, 1.807) is 12.1 Å². The normalized spacial score (nSPS) is 17.6. The van der Waals surface area contributed by atoms with Gasteiger partial charge in [0.2, 0.25) is 21.8 Å². The second-order valence-electron chi connectivity index (χ2n) is 7.15. The first-order valence-corrected chi connectivity index (χ1v) is 11.0. The lowest BCUT2D eigenvalue weighted by Gasteiger charge is -2.34. The van der Waals surface area contributed by atoms with Gasteiger partial charge in [-0.2, -0.15) is 9.29 Å². The van der Waals surface area contributed by atoms with Crippen LogP contribution >= 0.6 is 0 Å². The van der Waals surface area contributed by atoms with E-state index in [0.717, 1.165) is 12.8 Å². The maximum absolute atomic E-state index is 12.9. The van der Waals surface area contributed by atoms with Crippen molar-refractivity contribution in [2.75, 3.05) is 43.5 Å². The van der Waals surface area contributed by atoms with Crippen LogP contribution in [0.3, 0.4) is 0 Å². The number of rotatable bonds is 7. The van der Waals surface area contributed by atoms with E-state index in [2.05, 4.69) is 15.3 Å². The molecule has 1 aliphatic carbocycles. The first-order valence-electron chi connectivity index (χ1n) is 9.55. The van der Waals surface area contributed by atoms with Crippen LogP contribution in [-0.4, -0.2) is 66.9 Å². The van der Waals surface area contributed by atoms with Crippen LogP contribution in [0, 0.1) is 10.1 Å². The van der Waals surface area contributed by atoms with Crippen molar-refractivity contribution in [1.82, 2.24) is 14.3 Å². The molecule has 1 saturated carbocycles. The Morgan fingerprint density at radius 3 is 2.40 bits per heavy atom. The van der Waals surface area contributed by atoms with Gasteiger partial charge in [-0.15, -0.1) is 0 Å². The fourth-order valence-corrected chi connectivity index (χ4v) is 4.63. The summed E-state index contributed by atoms with van der Waals surface area (Å²) in [5.41, 5.74) is -0.161. The highest BCUT2D eigenvalue weighted by Crippen LogP contribution is 2.30. The van der Waals surface area contributed by atoms with Crippen LogP contribution in [0.1, 0.15) is 12.8 Å². The number of nitrogens with zero attached hydrogens (tertiary/aromatic N) is 5. The minimum Gasteiger partial charge on any atom is -0.497 e. The zero-order chi connectivity index (χ0) is 21.3. The molecule has 11 nitrogen and oxygen atoms in total. The van der Waals surface area contributed by atoms with Crippen molar-refractivity contribution in [2.45, 2.75) is 23.8 Å². The summed E-state index contributed by atoms with van der Waals surface area (Å²) in [7, 11) is -2.10. The Hall–Kier alpha value is -2.99. The quantitative estimate of drug-likeness (QED) is 0.508. The van der Waals surface area contributed by atoms with E-state index in [0.29, 0.717) is 24.8 Å². The van der Waals surface area contributed by atoms with Gasteiger partial charge in [0.15, 0.2) is 0 Å². The first-order chi connectivity index (χ1) is 14.4. The van der Waals surface area contributed by atoms with Crippen molar-refractivity contribution in [3.63, 3.8) is 0 Å². The first kappa shape index (κ1) is 20.3. The molecule has 12 heteroatoms. The van der Waals surface area contributed by atoms with Crippen molar-refractivity contribution in [3.8, 4) is 5.75 Å². The van der Waals surface area contributed by atoms with Gasteiger partial charge in [-0.25, -0.2) is 13.4 Å². The van der Waals surface area contributed by atoms with Crippen molar-refractivity contribution >= 4 is 27.5 Å². The van der Waals surface area contributed by atoms with Gasteiger partial charge in [0.25, 0.3) is 0 Å². The number of hydrogen-bond acceptors (Lipinski definition) is 9. The number of anilines is 2. The molecule has 1 aromatic carbocycles. The summed E-state index contributed by atoms with van der Waals surface area (Å²) in [4.78, 5) is 21.2. The molecular formula is C18H22N6O5S. The minimum atomic E-state index is -3.62. The number of methoxy groups -OCH3 is 1. The lowest BCUT2D eigenvalue weighted by Crippen LogP contribution is -2.49. The maximum atomic E-state index is 12.9. The van der Waals surface area contributed by atoms with E-state index in [1.807, 2.05) is 4.90 Å². The summed E-state index contributed by atoms with van der Waals surface area (Å²) in [6, 6.07) is 6.48. The number of benzene rings is 1. The van der Waals surface area contributed by atoms with Gasteiger partial charge in [-0.05, 0) is 37.1 Å². The van der Waals surface area contributed by atoms with Gasteiger partial charge >= 0.3 is 5.69 Å². The van der Waals surface area contributed by atoms with E-state index in [4.69, 9.17) is 4.74 Å². The molecular weight excluding hydrogens is 412 g/mol. The molecule has 2 heterocycles. The number of hydrogen-bond donors (Lipinski definition) is 1. The zero-order valence-electron chi connectivity index (χ0n) is 16.4. The molecule has 0 radical (unpaired) electrons. The van der Waals surface area contributed by atoms with Gasteiger partial charge in [-0.1, -0.05) is 0 Å². The summed E-state index contributed by atoms with van der Waals surface area (Å²) < 4.78 is 32.3. The molecule has 2 fully saturated rings. The fraction of sp³-hybridized carbons (Fsp3) is 0.444. The van der Waals surface area contributed by atoms with Gasteiger partial charge in [0.1, 0.15) is 11.9 Å². The van der Waals surface area contributed by atoms with Gasteiger partial charge in [0.05, 0.1) is 16.9 Å². The Labute approximate surface area is 173 Å². The van der Waals surface area contributed by atoms with Crippen LogP contribution in [0.15, 0.2) is 35.4 Å². The second-order valence-corrected chi connectivity index (χ2v) is 9.08. The average molecular weight is 434 g/mol. The number of sulfonamides is 1. The van der Waals surface area contributed by atoms with Crippen LogP contribution in [0.5, 0.6) is 5.75 Å². The monoisotopic (exact) mass is 434 g/mol. The summed E-state index contributed by atoms with van der Waals surface area (Å²) in [6.45, 7) is 1.30. The van der Waals surface area contributed by atoms with Crippen LogP contribution in [-0.2, 0) is 10.0 Å². The summed E-state index contributed by atoms with van der Waals surface area (Å²) in [5.74, 6) is 1.15. The van der Waals surface area contributed by atoms with Crippen molar-refractivity contribution in [2.24, 2.45) is 0 Å². The second kappa shape index (κ2) is 8.03. The van der Waals surface area contributed by atoms with Crippen LogP contribution in [0.25, 0.3) is 0 Å². The Balaban J connectivity index is 1.46. The van der Waals surface area contributed by atoms with Crippen LogP contribution < -0.4 is 15.0 Å².